The average Bonchev–Trinajstić information content (AvgIpc) is 2.78. The summed E-state index contributed by atoms with van der Waals surface area (Å²) in [6.45, 7) is 4.03. The van der Waals surface area contributed by atoms with Crippen LogP contribution in [0.4, 0.5) is 0 Å². The summed E-state index contributed by atoms with van der Waals surface area (Å²) in [4.78, 5) is 13.0. The summed E-state index contributed by atoms with van der Waals surface area (Å²) < 4.78 is 5.28. The van der Waals surface area contributed by atoms with Crippen LogP contribution in [0.15, 0.2) is 65.7 Å². The quantitative estimate of drug-likeness (QED) is 0.830. The fourth-order valence-corrected chi connectivity index (χ4v) is 2.92. The van der Waals surface area contributed by atoms with Gasteiger partial charge in [-0.2, -0.15) is 0 Å². The van der Waals surface area contributed by atoms with Gasteiger partial charge in [0, 0.05) is 11.1 Å². The first-order valence-electron chi connectivity index (χ1n) is 7.30. The lowest BCUT2D eigenvalue weighted by Gasteiger charge is -2.07. The van der Waals surface area contributed by atoms with Crippen molar-refractivity contribution in [3.8, 4) is 5.75 Å². The third kappa shape index (κ3) is 2.27. The molecule has 3 rings (SSSR count). The molecule has 0 saturated heterocycles. The SMILES string of the molecule is COc1cccc(C2=C(C)C(C)=C(c3ccccc3)C2=O)c1. The standard InChI is InChI=1S/C20H18O2/c1-13-14(2)19(16-10-7-11-17(12-16)22-3)20(21)18(13)15-8-5-4-6-9-15/h4-12H,1-3H3. The Bertz CT molecular complexity index is 795. The van der Waals surface area contributed by atoms with Gasteiger partial charge >= 0.3 is 0 Å². The van der Waals surface area contributed by atoms with E-state index in [4.69, 9.17) is 4.74 Å². The fourth-order valence-electron chi connectivity index (χ4n) is 2.92. The van der Waals surface area contributed by atoms with Gasteiger partial charge in [0.05, 0.1) is 7.11 Å². The van der Waals surface area contributed by atoms with Gasteiger partial charge in [0.2, 0.25) is 0 Å². The van der Waals surface area contributed by atoms with Crippen molar-refractivity contribution < 1.29 is 9.53 Å². The highest BCUT2D eigenvalue weighted by Crippen LogP contribution is 2.40. The molecule has 0 aromatic heterocycles. The maximum atomic E-state index is 13.0. The molecular formula is C20H18O2. The zero-order valence-corrected chi connectivity index (χ0v) is 13.0. The molecule has 0 bridgehead atoms. The second kappa shape index (κ2) is 5.64. The molecule has 0 N–H and O–H groups in total. The number of Topliss-reactive ketones (excluding diaryl/α,β-unsaturated/α-hetero) is 1. The Labute approximate surface area is 130 Å². The van der Waals surface area contributed by atoms with E-state index in [9.17, 15) is 4.79 Å². The highest BCUT2D eigenvalue weighted by Gasteiger charge is 2.29. The minimum atomic E-state index is 0.0921. The van der Waals surface area contributed by atoms with E-state index in [0.717, 1.165) is 39.2 Å². The molecule has 110 valence electrons. The Morgan fingerprint density at radius 2 is 1.36 bits per heavy atom. The van der Waals surface area contributed by atoms with Crippen molar-refractivity contribution in [3.05, 3.63) is 76.9 Å². The van der Waals surface area contributed by atoms with Crippen molar-refractivity contribution in [2.75, 3.05) is 7.11 Å². The molecule has 0 spiro atoms. The van der Waals surface area contributed by atoms with Crippen molar-refractivity contribution in [3.63, 3.8) is 0 Å². The molecule has 2 aromatic carbocycles. The van der Waals surface area contributed by atoms with Gasteiger partial charge < -0.3 is 4.74 Å². The minimum Gasteiger partial charge on any atom is -0.497 e. The van der Waals surface area contributed by atoms with E-state index >= 15 is 0 Å². The zero-order valence-electron chi connectivity index (χ0n) is 13.0. The smallest absolute Gasteiger partial charge is 0.194 e. The van der Waals surface area contributed by atoms with E-state index < -0.39 is 0 Å². The van der Waals surface area contributed by atoms with E-state index in [1.807, 2.05) is 68.4 Å². The summed E-state index contributed by atoms with van der Waals surface area (Å²) in [6, 6.07) is 17.5. The molecule has 22 heavy (non-hydrogen) atoms. The van der Waals surface area contributed by atoms with Crippen LogP contribution in [0.1, 0.15) is 25.0 Å². The molecule has 0 amide bonds. The highest BCUT2D eigenvalue weighted by molar-refractivity contribution is 6.46. The van der Waals surface area contributed by atoms with Gasteiger partial charge in [0.1, 0.15) is 5.75 Å². The van der Waals surface area contributed by atoms with Gasteiger partial charge in [-0.05, 0) is 48.3 Å². The number of hydrogen-bond donors (Lipinski definition) is 0. The summed E-state index contributed by atoms with van der Waals surface area (Å²) in [5, 5.41) is 0. The number of rotatable bonds is 3. The molecule has 0 unspecified atom stereocenters. The third-order valence-electron chi connectivity index (χ3n) is 4.19. The number of ether oxygens (including phenoxy) is 1. The molecule has 0 heterocycles. The number of carbonyl (C=O) groups is 1. The Kier molecular flexibility index (Phi) is 3.68. The largest absolute Gasteiger partial charge is 0.497 e. The first-order valence-corrected chi connectivity index (χ1v) is 7.30. The molecule has 0 fully saturated rings. The predicted octanol–water partition coefficient (Wildman–Crippen LogP) is 4.53. The summed E-state index contributed by atoms with van der Waals surface area (Å²) in [6.07, 6.45) is 0. The fraction of sp³-hybridized carbons (Fsp3) is 0.150. The number of carbonyl (C=O) groups excluding carboxylic acids is 1. The Hall–Kier alpha value is -2.61. The first-order chi connectivity index (χ1) is 10.6. The number of hydrogen-bond acceptors (Lipinski definition) is 2. The second-order valence-electron chi connectivity index (χ2n) is 5.43. The predicted molar refractivity (Wildman–Crippen MR) is 89.6 cm³/mol. The Balaban J connectivity index is 2.08. The average molecular weight is 290 g/mol. The van der Waals surface area contributed by atoms with Gasteiger partial charge in [-0.25, -0.2) is 0 Å². The van der Waals surface area contributed by atoms with Crippen LogP contribution in [0.3, 0.4) is 0 Å². The van der Waals surface area contributed by atoms with Crippen LogP contribution >= 0.6 is 0 Å². The highest BCUT2D eigenvalue weighted by atomic mass is 16.5. The molecule has 2 aromatic rings. The van der Waals surface area contributed by atoms with Crippen LogP contribution in [0.5, 0.6) is 5.75 Å². The Morgan fingerprint density at radius 1 is 0.773 bits per heavy atom. The number of ketones is 1. The van der Waals surface area contributed by atoms with Crippen molar-refractivity contribution >= 4 is 16.9 Å². The monoisotopic (exact) mass is 290 g/mol. The second-order valence-corrected chi connectivity index (χ2v) is 5.43. The van der Waals surface area contributed by atoms with Crippen LogP contribution in [-0.4, -0.2) is 12.9 Å². The normalized spacial score (nSPS) is 14.8. The van der Waals surface area contributed by atoms with E-state index in [-0.39, 0.29) is 5.78 Å². The number of allylic oxidation sites excluding steroid dienone is 4. The molecule has 0 atom stereocenters. The van der Waals surface area contributed by atoms with Crippen molar-refractivity contribution in [2.24, 2.45) is 0 Å². The molecule has 0 radical (unpaired) electrons. The van der Waals surface area contributed by atoms with Gasteiger partial charge in [-0.1, -0.05) is 42.5 Å². The van der Waals surface area contributed by atoms with Crippen molar-refractivity contribution in [2.45, 2.75) is 13.8 Å². The number of methoxy groups -OCH3 is 1. The van der Waals surface area contributed by atoms with Crippen molar-refractivity contribution in [1.29, 1.82) is 0 Å². The molecule has 0 saturated carbocycles. The first kappa shape index (κ1) is 14.3. The minimum absolute atomic E-state index is 0.0921. The Morgan fingerprint density at radius 3 is 2.00 bits per heavy atom. The third-order valence-corrected chi connectivity index (χ3v) is 4.19. The van der Waals surface area contributed by atoms with E-state index in [1.54, 1.807) is 7.11 Å². The maximum Gasteiger partial charge on any atom is 0.194 e. The maximum absolute atomic E-state index is 13.0. The van der Waals surface area contributed by atoms with Crippen LogP contribution in [0.25, 0.3) is 11.1 Å². The molecule has 2 nitrogen and oxygen atoms in total. The van der Waals surface area contributed by atoms with E-state index in [2.05, 4.69) is 0 Å². The molecule has 1 aliphatic carbocycles. The van der Waals surface area contributed by atoms with Crippen LogP contribution < -0.4 is 4.74 Å². The topological polar surface area (TPSA) is 26.3 Å². The summed E-state index contributed by atoms with van der Waals surface area (Å²) in [7, 11) is 1.63. The van der Waals surface area contributed by atoms with Gasteiger partial charge in [0.15, 0.2) is 5.78 Å². The molecule has 1 aliphatic rings. The summed E-state index contributed by atoms with van der Waals surface area (Å²) in [5.74, 6) is 0.853. The molecule has 2 heteroatoms. The van der Waals surface area contributed by atoms with Crippen molar-refractivity contribution in [1.82, 2.24) is 0 Å². The van der Waals surface area contributed by atoms with Crippen LogP contribution in [0, 0.1) is 0 Å². The lowest BCUT2D eigenvalue weighted by molar-refractivity contribution is -0.108. The lowest BCUT2D eigenvalue weighted by atomic mass is 9.96. The van der Waals surface area contributed by atoms with Crippen LogP contribution in [-0.2, 0) is 4.79 Å². The lowest BCUT2D eigenvalue weighted by Crippen LogP contribution is -2.02. The van der Waals surface area contributed by atoms with E-state index in [1.165, 1.54) is 0 Å². The molecular weight excluding hydrogens is 272 g/mol. The molecule has 0 aliphatic heterocycles. The van der Waals surface area contributed by atoms with E-state index in [0.29, 0.717) is 0 Å². The van der Waals surface area contributed by atoms with Gasteiger partial charge in [-0.3, -0.25) is 4.79 Å². The van der Waals surface area contributed by atoms with Gasteiger partial charge in [0.25, 0.3) is 0 Å². The summed E-state index contributed by atoms with van der Waals surface area (Å²) >= 11 is 0. The zero-order chi connectivity index (χ0) is 15.7. The summed E-state index contributed by atoms with van der Waals surface area (Å²) in [5.41, 5.74) is 5.55. The number of benzene rings is 2. The van der Waals surface area contributed by atoms with Crippen LogP contribution in [0.2, 0.25) is 0 Å². The van der Waals surface area contributed by atoms with Gasteiger partial charge in [-0.15, -0.1) is 0 Å².